The van der Waals surface area contributed by atoms with E-state index < -0.39 is 1.87 Å². The van der Waals surface area contributed by atoms with Gasteiger partial charge in [-0.2, -0.15) is 4.39 Å². The number of alkyl halides is 3. The fourth-order valence-corrected chi connectivity index (χ4v) is 2.74. The number of carbonyl (C=O) groups excluding carboxylic acids is 1. The molecule has 3 aromatic rings. The highest BCUT2D eigenvalue weighted by atomic mass is 127. The van der Waals surface area contributed by atoms with Crippen molar-refractivity contribution in [1.29, 1.82) is 0 Å². The molecular weight excluding hydrogens is 593 g/mol. The maximum absolute atomic E-state index is 13.5. The Morgan fingerprint density at radius 3 is 2.39 bits per heavy atom. The Morgan fingerprint density at radius 2 is 1.79 bits per heavy atom. The van der Waals surface area contributed by atoms with E-state index in [4.69, 9.17) is 9.47 Å². The van der Waals surface area contributed by atoms with E-state index in [1.165, 1.54) is 58.5 Å². The van der Waals surface area contributed by atoms with Gasteiger partial charge in [-0.05, 0) is 36.4 Å². The third kappa shape index (κ3) is 5.70. The monoisotopic (exact) mass is 606 g/mol. The Hall–Kier alpha value is -2.09. The van der Waals surface area contributed by atoms with E-state index in [-0.39, 0.29) is 11.9 Å². The van der Waals surface area contributed by atoms with Crippen molar-refractivity contribution in [3.63, 3.8) is 0 Å². The van der Waals surface area contributed by atoms with Crippen LogP contribution in [0.3, 0.4) is 0 Å². The van der Waals surface area contributed by atoms with Crippen LogP contribution in [-0.2, 0) is 0 Å². The number of aromatic nitrogens is 3. The fourth-order valence-electron chi connectivity index (χ4n) is 2.23. The minimum Gasteiger partial charge on any atom is -0.467 e. The Labute approximate surface area is 187 Å². The first kappa shape index (κ1) is 20.6. The van der Waals surface area contributed by atoms with E-state index in [2.05, 4.69) is 20.3 Å². The van der Waals surface area contributed by atoms with Gasteiger partial charge in [0, 0.05) is 80.6 Å². The molecule has 0 radical (unpaired) electrons. The number of hydrogen-bond donors (Lipinski definition) is 1. The lowest BCUT2D eigenvalue weighted by molar-refractivity contribution is 0.102. The molecule has 0 spiro atoms. The molecule has 1 amide bonds. The molecule has 2 aromatic heterocycles. The number of benzene rings is 1. The molecule has 10 heteroatoms. The zero-order chi connectivity index (χ0) is 20.1. The molecular formula is C18H13FI2N4O3. The van der Waals surface area contributed by atoms with Gasteiger partial charge in [0.25, 0.3) is 5.91 Å². The van der Waals surface area contributed by atoms with Crippen LogP contribution in [0.2, 0.25) is 0 Å². The van der Waals surface area contributed by atoms with Gasteiger partial charge >= 0.3 is 7.88 Å². The summed E-state index contributed by atoms with van der Waals surface area (Å²) < 4.78 is 21.7. The molecule has 0 aliphatic heterocycles. The van der Waals surface area contributed by atoms with Gasteiger partial charge in [0.15, 0.2) is 0 Å². The number of amides is 1. The Balaban J connectivity index is 1.72. The molecule has 0 atom stereocenters. The smallest absolute Gasteiger partial charge is 0.350 e. The van der Waals surface area contributed by atoms with Gasteiger partial charge in [0.2, 0.25) is 0 Å². The third-order valence-corrected chi connectivity index (χ3v) is 3.91. The predicted molar refractivity (Wildman–Crippen MR) is 119 cm³/mol. The Bertz CT molecular complexity index is 964. The summed E-state index contributed by atoms with van der Waals surface area (Å²) in [7, 11) is 1.48. The summed E-state index contributed by atoms with van der Waals surface area (Å²) in [6.07, 6.45) is 4.67. The second-order valence-corrected chi connectivity index (χ2v) is 10.3. The highest BCUT2D eigenvalue weighted by Gasteiger charge is 2.22. The van der Waals surface area contributed by atoms with E-state index in [0.717, 1.165) is 0 Å². The molecule has 0 saturated heterocycles. The van der Waals surface area contributed by atoms with Crippen LogP contribution in [0, 0.1) is 0 Å². The molecule has 3 rings (SSSR count). The van der Waals surface area contributed by atoms with Gasteiger partial charge < -0.3 is 14.8 Å². The van der Waals surface area contributed by atoms with Crippen LogP contribution in [0.1, 0.15) is 10.4 Å². The van der Waals surface area contributed by atoms with Crippen molar-refractivity contribution in [2.45, 2.75) is 1.87 Å². The average Bonchev–Trinajstić information content (AvgIpc) is 2.68. The molecule has 28 heavy (non-hydrogen) atoms. The molecule has 0 aliphatic rings. The first-order chi connectivity index (χ1) is 13.3. The van der Waals surface area contributed by atoms with Gasteiger partial charge in [0.1, 0.15) is 5.75 Å². The molecule has 0 aliphatic carbocycles. The van der Waals surface area contributed by atoms with E-state index in [9.17, 15) is 9.18 Å². The van der Waals surface area contributed by atoms with Crippen LogP contribution in [0.25, 0.3) is 11.3 Å². The van der Waals surface area contributed by atoms with E-state index in [1.807, 2.05) is 0 Å². The van der Waals surface area contributed by atoms with Gasteiger partial charge in [-0.15, -0.1) is 0 Å². The molecule has 0 unspecified atom stereocenters. The largest absolute Gasteiger partial charge is 0.467 e. The van der Waals surface area contributed by atoms with E-state index >= 15 is 0 Å². The molecule has 1 aromatic carbocycles. The number of nitrogens with one attached hydrogen (secondary N) is 1. The summed E-state index contributed by atoms with van der Waals surface area (Å²) in [5.74, 6) is 0.0457. The number of halogens is 3. The maximum atomic E-state index is 13.5. The number of ether oxygens (including phenoxy) is 2. The number of rotatable bonds is 6. The summed E-state index contributed by atoms with van der Waals surface area (Å²) in [5, 5.41) is 2.77. The average molecular weight is 606 g/mol. The van der Waals surface area contributed by atoms with Crippen molar-refractivity contribution < 1.29 is 18.7 Å². The lowest BCUT2D eigenvalue weighted by Gasteiger charge is -2.13. The van der Waals surface area contributed by atoms with Crippen molar-refractivity contribution in [2.24, 2.45) is 0 Å². The van der Waals surface area contributed by atoms with Crippen LogP contribution in [0.5, 0.6) is 11.8 Å². The van der Waals surface area contributed by atoms with Gasteiger partial charge in [-0.3, -0.25) is 9.78 Å². The van der Waals surface area contributed by atoms with Crippen molar-refractivity contribution in [2.75, 3.05) is 12.4 Å². The number of anilines is 1. The summed E-state index contributed by atoms with van der Waals surface area (Å²) in [6.45, 7) is 0. The number of methoxy groups -OCH3 is 1. The van der Waals surface area contributed by atoms with Crippen molar-refractivity contribution >= 4 is 56.8 Å². The Kier molecular flexibility index (Phi) is 6.59. The molecule has 0 saturated carbocycles. The lowest BCUT2D eigenvalue weighted by Crippen LogP contribution is -2.13. The zero-order valence-electron chi connectivity index (χ0n) is 14.4. The maximum Gasteiger partial charge on any atom is 0.350 e. The standard InChI is InChI=1S/C18H13FI2N4O3/c1-27-17-23-9-12(10-24-17)15-8-11(6-7-22-15)16(26)25-13-2-4-14(5-3-13)28-18(19,20)21/h2-10H,1H3,(H,25,26). The highest BCUT2D eigenvalue weighted by molar-refractivity contribution is 14.2. The van der Waals surface area contributed by atoms with Crippen molar-refractivity contribution in [3.05, 3.63) is 60.6 Å². The molecule has 144 valence electrons. The van der Waals surface area contributed by atoms with Crippen LogP contribution in [0.15, 0.2) is 55.0 Å². The summed E-state index contributed by atoms with van der Waals surface area (Å²) >= 11 is 3.07. The zero-order valence-corrected chi connectivity index (χ0v) is 18.7. The van der Waals surface area contributed by atoms with Gasteiger partial charge in [-0.25, -0.2) is 9.97 Å². The van der Waals surface area contributed by atoms with Crippen LogP contribution in [-0.4, -0.2) is 29.8 Å². The SMILES string of the molecule is COc1ncc(-c2cc(C(=O)Nc3ccc(OC(F)(I)I)cc3)ccn2)cn1. The number of hydrogen-bond acceptors (Lipinski definition) is 6. The summed E-state index contributed by atoms with van der Waals surface area (Å²) in [5.41, 5.74) is 2.19. The second kappa shape index (κ2) is 8.94. The number of pyridine rings is 1. The van der Waals surface area contributed by atoms with Crippen LogP contribution in [0.4, 0.5) is 10.1 Å². The molecule has 2 heterocycles. The second-order valence-electron chi connectivity index (χ2n) is 5.41. The van der Waals surface area contributed by atoms with Crippen molar-refractivity contribution in [1.82, 2.24) is 15.0 Å². The first-order valence-electron chi connectivity index (χ1n) is 7.84. The Morgan fingerprint density at radius 1 is 1.11 bits per heavy atom. The quantitative estimate of drug-likeness (QED) is 0.326. The topological polar surface area (TPSA) is 86.2 Å². The molecule has 7 nitrogen and oxygen atoms in total. The van der Waals surface area contributed by atoms with E-state index in [0.29, 0.717) is 28.3 Å². The minimum absolute atomic E-state index is 0.250. The molecule has 0 bridgehead atoms. The fraction of sp³-hybridized carbons (Fsp3) is 0.111. The van der Waals surface area contributed by atoms with Gasteiger partial charge in [0.05, 0.1) is 12.8 Å². The summed E-state index contributed by atoms with van der Waals surface area (Å²) in [4.78, 5) is 24.8. The molecule has 1 N–H and O–H groups in total. The number of nitrogens with zero attached hydrogens (tertiary/aromatic N) is 3. The van der Waals surface area contributed by atoms with Crippen LogP contribution >= 0.6 is 45.2 Å². The summed E-state index contributed by atoms with van der Waals surface area (Å²) in [6, 6.07) is 9.91. The third-order valence-electron chi connectivity index (χ3n) is 3.47. The lowest BCUT2D eigenvalue weighted by atomic mass is 10.1. The normalized spacial score (nSPS) is 11.0. The molecule has 0 fully saturated rings. The number of carbonyl (C=O) groups is 1. The first-order valence-corrected chi connectivity index (χ1v) is 9.99. The van der Waals surface area contributed by atoms with Crippen molar-refractivity contribution in [3.8, 4) is 23.0 Å². The predicted octanol–water partition coefficient (Wildman–Crippen LogP) is 4.63. The minimum atomic E-state index is -1.83. The highest BCUT2D eigenvalue weighted by Crippen LogP contribution is 2.32. The van der Waals surface area contributed by atoms with E-state index in [1.54, 1.807) is 48.8 Å². The van der Waals surface area contributed by atoms with Crippen LogP contribution < -0.4 is 14.8 Å². The van der Waals surface area contributed by atoms with Gasteiger partial charge in [-0.1, -0.05) is 0 Å².